The van der Waals surface area contributed by atoms with Crippen LogP contribution >= 0.6 is 50.5 Å². The van der Waals surface area contributed by atoms with Crippen LogP contribution in [0.1, 0.15) is 0 Å². The lowest BCUT2D eigenvalue weighted by Crippen LogP contribution is -1.94. The molecular formula is C9H3BrCl2N4S. The summed E-state index contributed by atoms with van der Waals surface area (Å²) in [7, 11) is 0. The Hall–Kier alpha value is -0.690. The molecule has 0 aliphatic heterocycles. The Morgan fingerprint density at radius 3 is 2.76 bits per heavy atom. The number of rotatable bonds is 1. The van der Waals surface area contributed by atoms with Crippen molar-refractivity contribution in [2.75, 3.05) is 0 Å². The second-order valence-electron chi connectivity index (χ2n) is 3.16. The molecule has 0 aliphatic rings. The summed E-state index contributed by atoms with van der Waals surface area (Å²) in [5.41, 5.74) is 1.40. The molecule has 0 saturated carbocycles. The lowest BCUT2D eigenvalue weighted by molar-refractivity contribution is 0.784. The number of hydrogen-bond donors (Lipinski definition) is 0. The lowest BCUT2D eigenvalue weighted by atomic mass is 10.3. The molecule has 17 heavy (non-hydrogen) atoms. The van der Waals surface area contributed by atoms with E-state index in [1.807, 2.05) is 12.1 Å². The summed E-state index contributed by atoms with van der Waals surface area (Å²) in [6.07, 6.45) is 1.36. The molecule has 3 aromatic heterocycles. The number of hydrogen-bond acceptors (Lipinski definition) is 4. The molecule has 0 aromatic carbocycles. The summed E-state index contributed by atoms with van der Waals surface area (Å²) in [5.74, 6) is 0. The highest BCUT2D eigenvalue weighted by Crippen LogP contribution is 2.37. The van der Waals surface area contributed by atoms with Gasteiger partial charge in [0.2, 0.25) is 0 Å². The van der Waals surface area contributed by atoms with Crippen LogP contribution < -0.4 is 0 Å². The molecule has 0 spiro atoms. The molecule has 8 heteroatoms. The van der Waals surface area contributed by atoms with Gasteiger partial charge in [-0.05, 0) is 28.1 Å². The average Bonchev–Trinajstić information content (AvgIpc) is 2.84. The monoisotopic (exact) mass is 348 g/mol. The molecule has 3 heterocycles. The summed E-state index contributed by atoms with van der Waals surface area (Å²) >= 11 is 16.8. The second kappa shape index (κ2) is 4.20. The van der Waals surface area contributed by atoms with Gasteiger partial charge in [0, 0.05) is 0 Å². The first-order chi connectivity index (χ1) is 8.16. The molecule has 0 radical (unpaired) electrons. The van der Waals surface area contributed by atoms with E-state index in [1.165, 1.54) is 22.3 Å². The molecule has 0 saturated heterocycles. The Morgan fingerprint density at radius 1 is 1.29 bits per heavy atom. The van der Waals surface area contributed by atoms with Crippen molar-refractivity contribution in [1.29, 1.82) is 0 Å². The average molecular weight is 350 g/mol. The Kier molecular flexibility index (Phi) is 2.82. The van der Waals surface area contributed by atoms with Gasteiger partial charge in [-0.1, -0.05) is 23.2 Å². The van der Waals surface area contributed by atoms with Gasteiger partial charge in [-0.3, -0.25) is 0 Å². The molecular weight excluding hydrogens is 347 g/mol. The predicted octanol–water partition coefficient (Wildman–Crippen LogP) is 3.92. The zero-order valence-corrected chi connectivity index (χ0v) is 12.0. The van der Waals surface area contributed by atoms with Gasteiger partial charge >= 0.3 is 0 Å². The largest absolute Gasteiger partial charge is 0.220 e. The van der Waals surface area contributed by atoms with E-state index in [0.717, 1.165) is 15.0 Å². The normalized spacial score (nSPS) is 11.2. The third-order valence-electron chi connectivity index (χ3n) is 2.14. The highest BCUT2D eigenvalue weighted by Gasteiger charge is 2.17. The Bertz CT molecular complexity index is 708. The molecule has 0 amide bonds. The van der Waals surface area contributed by atoms with E-state index in [4.69, 9.17) is 23.2 Å². The third-order valence-corrected chi connectivity index (χ3v) is 4.41. The van der Waals surface area contributed by atoms with Crippen LogP contribution in [0, 0.1) is 0 Å². The summed E-state index contributed by atoms with van der Waals surface area (Å²) in [4.78, 5) is 4.87. The van der Waals surface area contributed by atoms with E-state index in [0.29, 0.717) is 15.0 Å². The first-order valence-electron chi connectivity index (χ1n) is 4.47. The minimum Gasteiger partial charge on any atom is -0.220 e. The maximum absolute atomic E-state index is 6.00. The molecule has 0 atom stereocenters. The summed E-state index contributed by atoms with van der Waals surface area (Å²) in [6, 6.07) is 3.73. The smallest absolute Gasteiger partial charge is 0.159 e. The standard InChI is InChI=1S/C9H3BrCl2N4S/c10-6-7(4-1-2-5(11)17-4)15-16-8(6)9(12)13-3-14-16/h1-3H. The van der Waals surface area contributed by atoms with Crippen molar-refractivity contribution >= 4 is 56.0 Å². The van der Waals surface area contributed by atoms with Crippen molar-refractivity contribution in [1.82, 2.24) is 19.8 Å². The fourth-order valence-corrected chi connectivity index (χ4v) is 3.56. The minimum atomic E-state index is 0.355. The van der Waals surface area contributed by atoms with Crippen LogP contribution in [0.2, 0.25) is 9.49 Å². The van der Waals surface area contributed by atoms with E-state index in [-0.39, 0.29) is 0 Å². The Morgan fingerprint density at radius 2 is 2.12 bits per heavy atom. The van der Waals surface area contributed by atoms with Crippen molar-refractivity contribution in [3.63, 3.8) is 0 Å². The minimum absolute atomic E-state index is 0.355. The van der Waals surface area contributed by atoms with Crippen LogP contribution in [0.3, 0.4) is 0 Å². The molecule has 86 valence electrons. The summed E-state index contributed by atoms with van der Waals surface area (Å²) < 4.78 is 2.92. The Labute approximate surface area is 118 Å². The number of aromatic nitrogens is 4. The number of halogens is 3. The van der Waals surface area contributed by atoms with Crippen molar-refractivity contribution < 1.29 is 0 Å². The fourth-order valence-electron chi connectivity index (χ4n) is 1.43. The van der Waals surface area contributed by atoms with E-state index in [2.05, 4.69) is 31.1 Å². The van der Waals surface area contributed by atoms with Gasteiger partial charge in [0.05, 0.1) is 13.7 Å². The molecule has 4 nitrogen and oxygen atoms in total. The molecule has 0 aliphatic carbocycles. The van der Waals surface area contributed by atoms with E-state index < -0.39 is 0 Å². The molecule has 3 aromatic rings. The van der Waals surface area contributed by atoms with Gasteiger partial charge in [0.1, 0.15) is 17.5 Å². The van der Waals surface area contributed by atoms with Gasteiger partial charge in [-0.2, -0.15) is 0 Å². The molecule has 0 unspecified atom stereocenters. The van der Waals surface area contributed by atoms with Gasteiger partial charge in [0.15, 0.2) is 5.15 Å². The van der Waals surface area contributed by atoms with Crippen molar-refractivity contribution in [2.45, 2.75) is 0 Å². The molecule has 0 N–H and O–H groups in total. The topological polar surface area (TPSA) is 43.1 Å². The second-order valence-corrected chi connectivity index (χ2v) is 6.02. The summed E-state index contributed by atoms with van der Waals surface area (Å²) in [5, 5.41) is 8.71. The summed E-state index contributed by atoms with van der Waals surface area (Å²) in [6.45, 7) is 0. The number of thiophene rings is 1. The van der Waals surface area contributed by atoms with Gasteiger partial charge in [-0.15, -0.1) is 26.2 Å². The third kappa shape index (κ3) is 1.85. The fraction of sp³-hybridized carbons (Fsp3) is 0. The highest BCUT2D eigenvalue weighted by atomic mass is 79.9. The SMILES string of the molecule is Clc1ccc(-c2nn3ncnc(Cl)c3c2Br)s1. The Balaban J connectivity index is 2.32. The zero-order chi connectivity index (χ0) is 12.0. The predicted molar refractivity (Wildman–Crippen MR) is 71.8 cm³/mol. The van der Waals surface area contributed by atoms with Gasteiger partial charge in [-0.25, -0.2) is 4.98 Å². The first kappa shape index (κ1) is 11.4. The lowest BCUT2D eigenvalue weighted by Gasteiger charge is -1.92. The van der Waals surface area contributed by atoms with Crippen molar-refractivity contribution in [2.24, 2.45) is 0 Å². The molecule has 0 fully saturated rings. The van der Waals surface area contributed by atoms with E-state index in [1.54, 1.807) is 0 Å². The molecule has 3 rings (SSSR count). The van der Waals surface area contributed by atoms with Gasteiger partial charge < -0.3 is 0 Å². The van der Waals surface area contributed by atoms with Crippen LogP contribution in [-0.2, 0) is 0 Å². The van der Waals surface area contributed by atoms with Crippen LogP contribution in [0.4, 0.5) is 0 Å². The van der Waals surface area contributed by atoms with Crippen LogP contribution in [0.25, 0.3) is 16.1 Å². The zero-order valence-electron chi connectivity index (χ0n) is 8.06. The highest BCUT2D eigenvalue weighted by molar-refractivity contribution is 9.10. The first-order valence-corrected chi connectivity index (χ1v) is 6.84. The maximum Gasteiger partial charge on any atom is 0.159 e. The van der Waals surface area contributed by atoms with Crippen LogP contribution in [-0.4, -0.2) is 19.8 Å². The van der Waals surface area contributed by atoms with E-state index >= 15 is 0 Å². The van der Waals surface area contributed by atoms with Crippen molar-refractivity contribution in [3.8, 4) is 10.6 Å². The van der Waals surface area contributed by atoms with Crippen molar-refractivity contribution in [3.05, 3.63) is 32.4 Å². The molecule has 0 bridgehead atoms. The van der Waals surface area contributed by atoms with Gasteiger partial charge in [0.25, 0.3) is 0 Å². The maximum atomic E-state index is 6.00. The number of nitrogens with zero attached hydrogens (tertiary/aromatic N) is 4. The van der Waals surface area contributed by atoms with Crippen LogP contribution in [0.5, 0.6) is 0 Å². The number of fused-ring (bicyclic) bond motifs is 1. The quantitative estimate of drug-likeness (QED) is 0.668. The van der Waals surface area contributed by atoms with E-state index in [9.17, 15) is 0 Å². The van der Waals surface area contributed by atoms with Crippen LogP contribution in [0.15, 0.2) is 22.9 Å².